The highest BCUT2D eigenvalue weighted by atomic mass is 16.6. The predicted octanol–water partition coefficient (Wildman–Crippen LogP) is 2.66. The lowest BCUT2D eigenvalue weighted by atomic mass is 9.83. The van der Waals surface area contributed by atoms with E-state index in [4.69, 9.17) is 4.74 Å². The van der Waals surface area contributed by atoms with Crippen LogP contribution in [0.25, 0.3) is 0 Å². The smallest absolute Gasteiger partial charge is 0.407 e. The third-order valence-electron chi connectivity index (χ3n) is 2.97. The van der Waals surface area contributed by atoms with Gasteiger partial charge in [0.25, 0.3) is 0 Å². The third kappa shape index (κ3) is 5.20. The molecule has 1 amide bonds. The first-order chi connectivity index (χ1) is 7.78. The van der Waals surface area contributed by atoms with Crippen molar-refractivity contribution in [2.75, 3.05) is 0 Å². The molecule has 4 heteroatoms. The highest BCUT2D eigenvalue weighted by Gasteiger charge is 2.27. The topological polar surface area (TPSA) is 55.4 Å². The standard InChI is InChI=1S/C13H23NO3/c1-9(15)10-6-5-7-11(8-10)14-12(16)17-13(2,3)4/h10-11H,5-8H2,1-4H3,(H,14,16)/t10-,11-/m0/s1. The van der Waals surface area contributed by atoms with E-state index in [1.54, 1.807) is 6.92 Å². The van der Waals surface area contributed by atoms with Gasteiger partial charge in [0.1, 0.15) is 11.4 Å². The van der Waals surface area contributed by atoms with Crippen molar-refractivity contribution in [3.63, 3.8) is 0 Å². The Morgan fingerprint density at radius 2 is 1.88 bits per heavy atom. The van der Waals surface area contributed by atoms with Gasteiger partial charge in [-0.15, -0.1) is 0 Å². The molecule has 0 aliphatic heterocycles. The van der Waals surface area contributed by atoms with Crippen molar-refractivity contribution in [2.45, 2.75) is 65.0 Å². The van der Waals surface area contributed by atoms with Gasteiger partial charge in [0.15, 0.2) is 0 Å². The second-order valence-electron chi connectivity index (χ2n) is 5.82. The highest BCUT2D eigenvalue weighted by molar-refractivity contribution is 5.78. The third-order valence-corrected chi connectivity index (χ3v) is 2.97. The average Bonchev–Trinajstić information content (AvgIpc) is 2.14. The lowest BCUT2D eigenvalue weighted by molar-refractivity contribution is -0.121. The SMILES string of the molecule is CC(=O)[C@H]1CCC[C@H](NC(=O)OC(C)(C)C)C1. The van der Waals surface area contributed by atoms with Gasteiger partial charge in [-0.1, -0.05) is 6.42 Å². The van der Waals surface area contributed by atoms with Gasteiger partial charge in [-0.05, 0) is 47.0 Å². The van der Waals surface area contributed by atoms with E-state index in [0.29, 0.717) is 0 Å². The van der Waals surface area contributed by atoms with Crippen LogP contribution in [0.1, 0.15) is 53.4 Å². The second kappa shape index (κ2) is 5.52. The van der Waals surface area contributed by atoms with Crippen LogP contribution in [0.4, 0.5) is 4.79 Å². The van der Waals surface area contributed by atoms with Crippen LogP contribution in [-0.4, -0.2) is 23.5 Å². The number of nitrogens with one attached hydrogen (secondary N) is 1. The Bertz CT molecular complexity index is 294. The molecule has 17 heavy (non-hydrogen) atoms. The molecule has 4 nitrogen and oxygen atoms in total. The molecule has 98 valence electrons. The van der Waals surface area contributed by atoms with Gasteiger partial charge in [-0.25, -0.2) is 4.79 Å². The molecule has 1 saturated carbocycles. The Morgan fingerprint density at radius 1 is 1.24 bits per heavy atom. The Balaban J connectivity index is 2.41. The molecule has 0 unspecified atom stereocenters. The minimum atomic E-state index is -0.473. The van der Waals surface area contributed by atoms with Crippen molar-refractivity contribution < 1.29 is 14.3 Å². The fourth-order valence-corrected chi connectivity index (χ4v) is 2.16. The van der Waals surface area contributed by atoms with Crippen LogP contribution >= 0.6 is 0 Å². The normalized spacial score (nSPS) is 25.2. The molecule has 1 aliphatic rings. The summed E-state index contributed by atoms with van der Waals surface area (Å²) >= 11 is 0. The Morgan fingerprint density at radius 3 is 2.41 bits per heavy atom. The Labute approximate surface area is 103 Å². The maximum absolute atomic E-state index is 11.6. The maximum Gasteiger partial charge on any atom is 0.407 e. The summed E-state index contributed by atoms with van der Waals surface area (Å²) in [4.78, 5) is 22.9. The molecule has 0 aromatic carbocycles. The van der Waals surface area contributed by atoms with E-state index >= 15 is 0 Å². The molecule has 0 spiro atoms. The van der Waals surface area contributed by atoms with Crippen molar-refractivity contribution in [3.8, 4) is 0 Å². The number of carbonyl (C=O) groups is 2. The largest absolute Gasteiger partial charge is 0.444 e. The summed E-state index contributed by atoms with van der Waals surface area (Å²) in [6, 6.07) is 0.0764. The summed E-state index contributed by atoms with van der Waals surface area (Å²) in [6.07, 6.45) is 3.23. The monoisotopic (exact) mass is 241 g/mol. The van der Waals surface area contributed by atoms with Gasteiger partial charge in [0.05, 0.1) is 0 Å². The Kier molecular flexibility index (Phi) is 4.54. The summed E-state index contributed by atoms with van der Waals surface area (Å²) in [7, 11) is 0. The fraction of sp³-hybridized carbons (Fsp3) is 0.846. The van der Waals surface area contributed by atoms with Crippen LogP contribution in [0.2, 0.25) is 0 Å². The highest BCUT2D eigenvalue weighted by Crippen LogP contribution is 2.25. The zero-order valence-electron chi connectivity index (χ0n) is 11.2. The van der Waals surface area contributed by atoms with Gasteiger partial charge in [0.2, 0.25) is 0 Å². The Hall–Kier alpha value is -1.06. The molecule has 0 radical (unpaired) electrons. The number of alkyl carbamates (subject to hydrolysis) is 1. The average molecular weight is 241 g/mol. The molecule has 1 fully saturated rings. The minimum absolute atomic E-state index is 0.0764. The molecule has 1 aliphatic carbocycles. The van der Waals surface area contributed by atoms with Crippen molar-refractivity contribution >= 4 is 11.9 Å². The number of Topliss-reactive ketones (excluding diaryl/α,β-unsaturated/α-hetero) is 1. The number of hydrogen-bond acceptors (Lipinski definition) is 3. The van der Waals surface area contributed by atoms with Crippen molar-refractivity contribution in [2.24, 2.45) is 5.92 Å². The quantitative estimate of drug-likeness (QED) is 0.808. The molecule has 0 aromatic rings. The summed E-state index contributed by atoms with van der Waals surface area (Å²) < 4.78 is 5.20. The van der Waals surface area contributed by atoms with Crippen LogP contribution in [0.5, 0.6) is 0 Å². The predicted molar refractivity (Wildman–Crippen MR) is 65.8 cm³/mol. The molecule has 2 atom stereocenters. The van der Waals surface area contributed by atoms with Crippen molar-refractivity contribution in [1.82, 2.24) is 5.32 Å². The van der Waals surface area contributed by atoms with E-state index in [0.717, 1.165) is 25.7 Å². The molecular formula is C13H23NO3. The molecule has 1 rings (SSSR count). The first-order valence-electron chi connectivity index (χ1n) is 6.28. The summed E-state index contributed by atoms with van der Waals surface area (Å²) in [5, 5.41) is 2.85. The lowest BCUT2D eigenvalue weighted by Crippen LogP contribution is -2.42. The van der Waals surface area contributed by atoms with Crippen molar-refractivity contribution in [1.29, 1.82) is 0 Å². The van der Waals surface area contributed by atoms with E-state index in [-0.39, 0.29) is 23.8 Å². The van der Waals surface area contributed by atoms with Gasteiger partial charge in [-0.2, -0.15) is 0 Å². The molecular weight excluding hydrogens is 218 g/mol. The van der Waals surface area contributed by atoms with Crippen LogP contribution in [-0.2, 0) is 9.53 Å². The zero-order chi connectivity index (χ0) is 13.1. The van der Waals surface area contributed by atoms with Crippen molar-refractivity contribution in [3.05, 3.63) is 0 Å². The van der Waals surface area contributed by atoms with E-state index in [1.165, 1.54) is 0 Å². The maximum atomic E-state index is 11.6. The summed E-state index contributed by atoms with van der Waals surface area (Å²) in [6.45, 7) is 7.14. The van der Waals surface area contributed by atoms with Gasteiger partial charge < -0.3 is 10.1 Å². The lowest BCUT2D eigenvalue weighted by Gasteiger charge is -2.29. The molecule has 0 aromatic heterocycles. The number of hydrogen-bond donors (Lipinski definition) is 1. The number of amides is 1. The number of rotatable bonds is 2. The molecule has 0 bridgehead atoms. The van der Waals surface area contributed by atoms with E-state index in [9.17, 15) is 9.59 Å². The van der Waals surface area contributed by atoms with E-state index < -0.39 is 5.60 Å². The number of ether oxygens (including phenoxy) is 1. The fourth-order valence-electron chi connectivity index (χ4n) is 2.16. The van der Waals surface area contributed by atoms with Crippen LogP contribution in [0, 0.1) is 5.92 Å². The number of carbonyl (C=O) groups excluding carboxylic acids is 2. The van der Waals surface area contributed by atoms with E-state index in [2.05, 4.69) is 5.32 Å². The van der Waals surface area contributed by atoms with Gasteiger partial charge in [0, 0.05) is 12.0 Å². The van der Waals surface area contributed by atoms with E-state index in [1.807, 2.05) is 20.8 Å². The molecule has 0 saturated heterocycles. The zero-order valence-corrected chi connectivity index (χ0v) is 11.2. The van der Waals surface area contributed by atoms with Crippen LogP contribution in [0.15, 0.2) is 0 Å². The molecule has 0 heterocycles. The summed E-state index contributed by atoms with van der Waals surface area (Å²) in [5.41, 5.74) is -0.473. The van der Waals surface area contributed by atoms with Gasteiger partial charge >= 0.3 is 6.09 Å². The minimum Gasteiger partial charge on any atom is -0.444 e. The van der Waals surface area contributed by atoms with Crippen LogP contribution < -0.4 is 5.32 Å². The first-order valence-corrected chi connectivity index (χ1v) is 6.28. The molecule has 1 N–H and O–H groups in total. The summed E-state index contributed by atoms with van der Waals surface area (Å²) in [5.74, 6) is 0.323. The second-order valence-corrected chi connectivity index (χ2v) is 5.82. The number of ketones is 1. The van der Waals surface area contributed by atoms with Crippen LogP contribution in [0.3, 0.4) is 0 Å². The van der Waals surface area contributed by atoms with Gasteiger partial charge in [-0.3, -0.25) is 4.79 Å². The first kappa shape index (κ1) is 14.0.